The largest absolute Gasteiger partial charge is 0.378 e. The zero-order valence-corrected chi connectivity index (χ0v) is 10.1. The Balaban J connectivity index is 2.28. The number of nitro groups is 1. The summed E-state index contributed by atoms with van der Waals surface area (Å²) in [5, 5.41) is 10.6. The predicted octanol–water partition coefficient (Wildman–Crippen LogP) is 1.12. The fourth-order valence-corrected chi connectivity index (χ4v) is 1.81. The maximum Gasteiger partial charge on any atom is 0.288 e. The molecule has 1 amide bonds. The first-order chi connectivity index (χ1) is 8.59. The highest BCUT2D eigenvalue weighted by atomic mass is 35.5. The van der Waals surface area contributed by atoms with Crippen molar-refractivity contribution in [1.82, 2.24) is 9.88 Å². The van der Waals surface area contributed by atoms with Gasteiger partial charge in [0.15, 0.2) is 0 Å². The normalized spacial score (nSPS) is 15.5. The van der Waals surface area contributed by atoms with Crippen LogP contribution in [0.1, 0.15) is 10.4 Å². The fraction of sp³-hybridized carbons (Fsp3) is 0.400. The predicted molar refractivity (Wildman–Crippen MR) is 62.6 cm³/mol. The SMILES string of the molecule is O=C(c1cc([N+](=O)[O-])cnc1Cl)N1CCOCC1. The number of ether oxygens (including phenoxy) is 1. The third-order valence-electron chi connectivity index (χ3n) is 2.56. The first-order valence-corrected chi connectivity index (χ1v) is 5.64. The van der Waals surface area contributed by atoms with Crippen molar-refractivity contribution in [3.63, 3.8) is 0 Å². The first kappa shape index (κ1) is 12.7. The minimum Gasteiger partial charge on any atom is -0.378 e. The van der Waals surface area contributed by atoms with E-state index < -0.39 is 4.92 Å². The number of hydrogen-bond donors (Lipinski definition) is 0. The number of carbonyl (C=O) groups is 1. The number of morpholine rings is 1. The average molecular weight is 272 g/mol. The number of hydrogen-bond acceptors (Lipinski definition) is 5. The summed E-state index contributed by atoms with van der Waals surface area (Å²) in [7, 11) is 0. The maximum absolute atomic E-state index is 12.1. The molecule has 2 rings (SSSR count). The summed E-state index contributed by atoms with van der Waals surface area (Å²) in [4.78, 5) is 27.3. The minimum atomic E-state index is -0.612. The van der Waals surface area contributed by atoms with Gasteiger partial charge >= 0.3 is 0 Å². The summed E-state index contributed by atoms with van der Waals surface area (Å²) < 4.78 is 5.13. The van der Waals surface area contributed by atoms with E-state index in [0.717, 1.165) is 12.3 Å². The van der Waals surface area contributed by atoms with Gasteiger partial charge in [0, 0.05) is 19.2 Å². The van der Waals surface area contributed by atoms with Crippen LogP contribution in [0.5, 0.6) is 0 Å². The molecule has 0 atom stereocenters. The molecule has 0 unspecified atom stereocenters. The minimum absolute atomic E-state index is 0.0305. The molecule has 8 heteroatoms. The van der Waals surface area contributed by atoms with Gasteiger partial charge in [0.2, 0.25) is 0 Å². The third kappa shape index (κ3) is 2.57. The Morgan fingerprint density at radius 3 is 2.78 bits per heavy atom. The van der Waals surface area contributed by atoms with Crippen molar-refractivity contribution in [2.75, 3.05) is 26.3 Å². The Morgan fingerprint density at radius 1 is 1.50 bits per heavy atom. The van der Waals surface area contributed by atoms with E-state index in [1.165, 1.54) is 4.90 Å². The summed E-state index contributed by atoms with van der Waals surface area (Å²) in [5.74, 6) is -0.362. The van der Waals surface area contributed by atoms with Gasteiger partial charge in [-0.3, -0.25) is 14.9 Å². The summed E-state index contributed by atoms with van der Waals surface area (Å²) in [6.07, 6.45) is 1.03. The molecule has 0 bridgehead atoms. The molecule has 18 heavy (non-hydrogen) atoms. The van der Waals surface area contributed by atoms with Crippen molar-refractivity contribution in [3.8, 4) is 0 Å². The molecule has 0 aromatic carbocycles. The second kappa shape index (κ2) is 5.28. The van der Waals surface area contributed by atoms with E-state index >= 15 is 0 Å². The quantitative estimate of drug-likeness (QED) is 0.457. The molecule has 96 valence electrons. The van der Waals surface area contributed by atoms with E-state index in [4.69, 9.17) is 16.3 Å². The van der Waals surface area contributed by atoms with Gasteiger partial charge in [-0.2, -0.15) is 0 Å². The number of aromatic nitrogens is 1. The highest BCUT2D eigenvalue weighted by Crippen LogP contribution is 2.21. The van der Waals surface area contributed by atoms with Crippen LogP contribution in [0, 0.1) is 10.1 Å². The van der Waals surface area contributed by atoms with Crippen LogP contribution in [0.2, 0.25) is 5.15 Å². The van der Waals surface area contributed by atoms with E-state index in [-0.39, 0.29) is 22.3 Å². The van der Waals surface area contributed by atoms with E-state index in [1.54, 1.807) is 0 Å². The van der Waals surface area contributed by atoms with Gasteiger partial charge in [-0.05, 0) is 0 Å². The standard InChI is InChI=1S/C10H10ClN3O4/c11-9-8(5-7(6-12-9)14(16)17)10(15)13-1-3-18-4-2-13/h5-6H,1-4H2. The van der Waals surface area contributed by atoms with Crippen molar-refractivity contribution >= 4 is 23.2 Å². The lowest BCUT2D eigenvalue weighted by Gasteiger charge is -2.26. The average Bonchev–Trinajstić information content (AvgIpc) is 2.39. The van der Waals surface area contributed by atoms with E-state index in [0.29, 0.717) is 26.3 Å². The number of amides is 1. The van der Waals surface area contributed by atoms with Crippen LogP contribution in [-0.2, 0) is 4.74 Å². The summed E-state index contributed by atoms with van der Waals surface area (Å²) in [6.45, 7) is 1.78. The van der Waals surface area contributed by atoms with Crippen molar-refractivity contribution < 1.29 is 14.5 Å². The lowest BCUT2D eigenvalue weighted by molar-refractivity contribution is -0.385. The Hall–Kier alpha value is -1.73. The first-order valence-electron chi connectivity index (χ1n) is 5.26. The van der Waals surface area contributed by atoms with Crippen molar-refractivity contribution in [1.29, 1.82) is 0 Å². The zero-order valence-electron chi connectivity index (χ0n) is 9.34. The molecule has 1 aliphatic rings. The van der Waals surface area contributed by atoms with E-state index in [1.807, 2.05) is 0 Å². The molecule has 1 fully saturated rings. The van der Waals surface area contributed by atoms with Crippen molar-refractivity contribution in [2.45, 2.75) is 0 Å². The molecule has 2 heterocycles. The van der Waals surface area contributed by atoms with E-state index in [9.17, 15) is 14.9 Å². The lowest BCUT2D eigenvalue weighted by atomic mass is 10.2. The Kier molecular flexibility index (Phi) is 3.73. The number of carbonyl (C=O) groups excluding carboxylic acids is 1. The van der Waals surface area contributed by atoms with Gasteiger partial charge in [0.1, 0.15) is 11.3 Å². The number of pyridine rings is 1. The van der Waals surface area contributed by atoms with Crippen LogP contribution in [0.3, 0.4) is 0 Å². The summed E-state index contributed by atoms with van der Waals surface area (Å²) in [5.41, 5.74) is -0.205. The zero-order chi connectivity index (χ0) is 13.1. The number of nitrogens with zero attached hydrogens (tertiary/aromatic N) is 3. The summed E-state index contributed by atoms with van der Waals surface area (Å²) >= 11 is 5.80. The van der Waals surface area contributed by atoms with Gasteiger partial charge in [-0.15, -0.1) is 0 Å². The molecule has 1 saturated heterocycles. The number of rotatable bonds is 2. The molecule has 1 aromatic rings. The van der Waals surface area contributed by atoms with Gasteiger partial charge in [-0.1, -0.05) is 11.6 Å². The van der Waals surface area contributed by atoms with Crippen molar-refractivity contribution in [3.05, 3.63) is 33.1 Å². The second-order valence-electron chi connectivity index (χ2n) is 3.69. The van der Waals surface area contributed by atoms with Crippen LogP contribution in [0.15, 0.2) is 12.3 Å². The Morgan fingerprint density at radius 2 is 2.17 bits per heavy atom. The molecule has 0 saturated carbocycles. The van der Waals surface area contributed by atoms with Crippen LogP contribution in [-0.4, -0.2) is 47.0 Å². The molecule has 0 radical (unpaired) electrons. The molecule has 1 aromatic heterocycles. The maximum atomic E-state index is 12.1. The highest BCUT2D eigenvalue weighted by Gasteiger charge is 2.23. The van der Waals surface area contributed by atoms with Crippen LogP contribution < -0.4 is 0 Å². The molecular weight excluding hydrogens is 262 g/mol. The topological polar surface area (TPSA) is 85.6 Å². The van der Waals surface area contributed by atoms with Gasteiger partial charge in [0.25, 0.3) is 11.6 Å². The molecule has 7 nitrogen and oxygen atoms in total. The smallest absolute Gasteiger partial charge is 0.288 e. The molecule has 0 N–H and O–H groups in total. The molecular formula is C10H10ClN3O4. The Bertz CT molecular complexity index is 488. The molecule has 0 spiro atoms. The van der Waals surface area contributed by atoms with Crippen molar-refractivity contribution in [2.24, 2.45) is 0 Å². The Labute approximate surface area is 107 Å². The second-order valence-corrected chi connectivity index (χ2v) is 4.05. The number of halogens is 1. The van der Waals surface area contributed by atoms with E-state index in [2.05, 4.69) is 4.98 Å². The molecule has 0 aliphatic carbocycles. The van der Waals surface area contributed by atoms with Gasteiger partial charge in [-0.25, -0.2) is 4.98 Å². The highest BCUT2D eigenvalue weighted by molar-refractivity contribution is 6.32. The monoisotopic (exact) mass is 271 g/mol. The van der Waals surface area contributed by atoms with Crippen LogP contribution in [0.4, 0.5) is 5.69 Å². The fourth-order valence-electron chi connectivity index (χ4n) is 1.62. The van der Waals surface area contributed by atoms with Gasteiger partial charge in [0.05, 0.1) is 23.7 Å². The summed E-state index contributed by atoms with van der Waals surface area (Å²) in [6, 6.07) is 1.15. The van der Waals surface area contributed by atoms with Crippen LogP contribution in [0.25, 0.3) is 0 Å². The van der Waals surface area contributed by atoms with Crippen LogP contribution >= 0.6 is 11.6 Å². The third-order valence-corrected chi connectivity index (χ3v) is 2.87. The van der Waals surface area contributed by atoms with Gasteiger partial charge < -0.3 is 9.64 Å². The lowest BCUT2D eigenvalue weighted by Crippen LogP contribution is -2.40. The molecule has 1 aliphatic heterocycles.